The highest BCUT2D eigenvalue weighted by molar-refractivity contribution is 5.25. The highest BCUT2D eigenvalue weighted by atomic mass is 16.5. The van der Waals surface area contributed by atoms with Gasteiger partial charge in [0.05, 0.1) is 12.2 Å². The van der Waals surface area contributed by atoms with Gasteiger partial charge in [0.1, 0.15) is 0 Å². The molecular weight excluding hydrogens is 679 g/mol. The zero-order chi connectivity index (χ0) is 37.4. The molecule has 0 bridgehead atoms. The molecule has 10 aliphatic rings. The minimum atomic E-state index is 0.475. The minimum Gasteiger partial charge on any atom is -0.370 e. The molecule has 9 aliphatic carbocycles. The van der Waals surface area contributed by atoms with Crippen molar-refractivity contribution in [3.8, 4) is 0 Å². The molecule has 1 heterocycles. The molecular formula is C54H79NO. The summed E-state index contributed by atoms with van der Waals surface area (Å²) in [5.74, 6) is 10.1. The smallest absolute Gasteiger partial charge is 0.0826 e. The molecule has 4 saturated carbocycles. The normalized spacial score (nSPS) is 45.6. The van der Waals surface area contributed by atoms with Crippen molar-refractivity contribution in [3.63, 3.8) is 0 Å². The first kappa shape index (κ1) is 38.4. The van der Waals surface area contributed by atoms with Gasteiger partial charge in [0.2, 0.25) is 0 Å². The molecule has 56 heavy (non-hydrogen) atoms. The third-order valence-corrected chi connectivity index (χ3v) is 18.8. The summed E-state index contributed by atoms with van der Waals surface area (Å²) in [7, 11) is 0. The Kier molecular flexibility index (Phi) is 12.0. The van der Waals surface area contributed by atoms with E-state index < -0.39 is 0 Å². The van der Waals surface area contributed by atoms with E-state index in [2.05, 4.69) is 72.6 Å². The second-order valence-electron chi connectivity index (χ2n) is 21.5. The quantitative estimate of drug-likeness (QED) is 0.229. The summed E-state index contributed by atoms with van der Waals surface area (Å²) < 4.78 is 7.26. The first-order valence-electron chi connectivity index (χ1n) is 25.2. The molecule has 0 radical (unpaired) electrons. The maximum absolute atomic E-state index is 7.26. The van der Waals surface area contributed by atoms with Crippen molar-refractivity contribution >= 4 is 0 Å². The second kappa shape index (κ2) is 17.4. The number of ether oxygens (including phenoxy) is 1. The number of nitrogens with zero attached hydrogens (tertiary/aromatic N) is 1. The van der Waals surface area contributed by atoms with Crippen LogP contribution in [-0.4, -0.2) is 29.2 Å². The van der Waals surface area contributed by atoms with Gasteiger partial charge in [-0.25, -0.2) is 0 Å². The van der Waals surface area contributed by atoms with Gasteiger partial charge < -0.3 is 9.64 Å². The predicted octanol–water partition coefficient (Wildman–Crippen LogP) is 14.1. The van der Waals surface area contributed by atoms with Crippen molar-refractivity contribution in [1.29, 1.82) is 0 Å². The van der Waals surface area contributed by atoms with Crippen LogP contribution in [0.3, 0.4) is 0 Å². The lowest BCUT2D eigenvalue weighted by Gasteiger charge is -2.48. The fourth-order valence-electron chi connectivity index (χ4n) is 15.8. The van der Waals surface area contributed by atoms with Crippen LogP contribution >= 0.6 is 0 Å². The highest BCUT2D eigenvalue weighted by Crippen LogP contribution is 2.56. The molecule has 0 aromatic rings. The lowest BCUT2D eigenvalue weighted by Crippen LogP contribution is -2.46. The highest BCUT2D eigenvalue weighted by Gasteiger charge is 2.53. The first-order chi connectivity index (χ1) is 27.7. The number of hydrogen-bond acceptors (Lipinski definition) is 2. The van der Waals surface area contributed by atoms with Crippen LogP contribution in [-0.2, 0) is 4.74 Å². The fourth-order valence-corrected chi connectivity index (χ4v) is 15.8. The Hall–Kier alpha value is -1.80. The van der Waals surface area contributed by atoms with Gasteiger partial charge in [-0.2, -0.15) is 0 Å². The lowest BCUT2D eigenvalue weighted by atomic mass is 9.66. The van der Waals surface area contributed by atoms with Crippen molar-refractivity contribution in [2.75, 3.05) is 0 Å². The van der Waals surface area contributed by atoms with Crippen LogP contribution in [0.1, 0.15) is 167 Å². The van der Waals surface area contributed by atoms with Gasteiger partial charge in [-0.1, -0.05) is 93.4 Å². The van der Waals surface area contributed by atoms with E-state index in [-0.39, 0.29) is 0 Å². The van der Waals surface area contributed by atoms with Crippen LogP contribution < -0.4 is 0 Å². The predicted molar refractivity (Wildman–Crippen MR) is 234 cm³/mol. The van der Waals surface area contributed by atoms with Crippen molar-refractivity contribution in [1.82, 2.24) is 4.90 Å². The molecule has 2 heteroatoms. The van der Waals surface area contributed by atoms with E-state index in [1.54, 1.807) is 11.3 Å². The van der Waals surface area contributed by atoms with Crippen LogP contribution in [0.2, 0.25) is 0 Å². The average molecular weight is 758 g/mol. The summed E-state index contributed by atoms with van der Waals surface area (Å²) in [6.07, 6.45) is 61.9. The fraction of sp³-hybridized carbons (Fsp3) is 0.778. The van der Waals surface area contributed by atoms with Gasteiger partial charge in [0.15, 0.2) is 0 Å². The summed E-state index contributed by atoms with van der Waals surface area (Å²) in [5.41, 5.74) is 3.52. The number of fused-ring (bicyclic) bond motifs is 3. The molecule has 0 aromatic heterocycles. The Morgan fingerprint density at radius 2 is 1.36 bits per heavy atom. The van der Waals surface area contributed by atoms with Gasteiger partial charge in [-0.05, 0) is 211 Å². The standard InChI is InChI=1S/C54H79NO/c1-37-11-8-9-16-48(37)43-27-33-47(34-28-43)55(45-29-23-40(24-30-45)38-12-4-2-5-13-38)46-31-25-41(26-32-46)39-19-21-44(22-20-39)50-35-36-52-51-18-10-17-49(53(51)56-54(50)52)42-14-6-3-7-15-42/h3,6,8-9,11,16,23,29,33,35,37-46,48-49,51-54H,2,4-5,7,10,12-15,17-22,24-28,30-32,34,36H2,1H3/t37?,39?,40-,41?,42?,43?,44?,45?,46?,48?,49?,51?,52?,53?,54?/m0/s1. The molecule has 2 nitrogen and oxygen atoms in total. The third-order valence-electron chi connectivity index (χ3n) is 18.8. The maximum atomic E-state index is 7.26. The zero-order valence-corrected chi connectivity index (χ0v) is 35.5. The van der Waals surface area contributed by atoms with E-state index in [9.17, 15) is 0 Å². The van der Waals surface area contributed by atoms with Crippen LogP contribution in [0.25, 0.3) is 0 Å². The Morgan fingerprint density at radius 1 is 0.554 bits per heavy atom. The van der Waals surface area contributed by atoms with Crippen molar-refractivity contribution in [2.24, 2.45) is 71.0 Å². The van der Waals surface area contributed by atoms with E-state index in [0.717, 1.165) is 71.1 Å². The van der Waals surface area contributed by atoms with Crippen molar-refractivity contribution in [2.45, 2.75) is 192 Å². The molecule has 306 valence electrons. The second-order valence-corrected chi connectivity index (χ2v) is 21.5. The van der Waals surface area contributed by atoms with Crippen molar-refractivity contribution in [3.05, 3.63) is 72.0 Å². The first-order valence-corrected chi connectivity index (χ1v) is 25.2. The van der Waals surface area contributed by atoms with E-state index in [1.807, 2.05) is 0 Å². The van der Waals surface area contributed by atoms with Gasteiger partial charge in [0.25, 0.3) is 0 Å². The summed E-state index contributed by atoms with van der Waals surface area (Å²) in [6, 6.07) is 1.38. The third kappa shape index (κ3) is 7.83. The van der Waals surface area contributed by atoms with Crippen LogP contribution in [0.5, 0.6) is 0 Å². The molecule has 1 saturated heterocycles. The van der Waals surface area contributed by atoms with Gasteiger partial charge in [-0.3, -0.25) is 0 Å². The molecule has 0 aromatic carbocycles. The Bertz CT molecular complexity index is 1510. The van der Waals surface area contributed by atoms with E-state index >= 15 is 0 Å². The Balaban J connectivity index is 0.757. The summed E-state index contributed by atoms with van der Waals surface area (Å²) >= 11 is 0. The molecule has 5 fully saturated rings. The van der Waals surface area contributed by atoms with Crippen LogP contribution in [0.15, 0.2) is 72.0 Å². The van der Waals surface area contributed by atoms with Gasteiger partial charge in [0, 0.05) is 17.8 Å². The SMILES string of the molecule is CC1C=CC=CC1C1CC=C(N(C2C=C[C@H](C3CCCCC3)CC2)C2CCC(C3CCC(C4=CCC5C4OC4C(C6CC=CCC6)CCCC54)CC3)CC2)CC1. The van der Waals surface area contributed by atoms with E-state index in [4.69, 9.17) is 4.74 Å². The lowest BCUT2D eigenvalue weighted by molar-refractivity contribution is -0.0312. The zero-order valence-electron chi connectivity index (χ0n) is 35.5. The molecule has 1 aliphatic heterocycles. The summed E-state index contributed by atoms with van der Waals surface area (Å²) in [4.78, 5) is 3.06. The Morgan fingerprint density at radius 3 is 2.09 bits per heavy atom. The molecule has 0 N–H and O–H groups in total. The number of hydrogen-bond donors (Lipinski definition) is 0. The number of allylic oxidation sites excluding steroid dienone is 10. The Labute approximate surface area is 343 Å². The molecule has 10 rings (SSSR count). The molecule has 0 spiro atoms. The molecule has 11 atom stereocenters. The van der Waals surface area contributed by atoms with Crippen molar-refractivity contribution < 1.29 is 4.74 Å². The maximum Gasteiger partial charge on any atom is 0.0826 e. The summed E-state index contributed by atoms with van der Waals surface area (Å²) in [5, 5.41) is 0. The summed E-state index contributed by atoms with van der Waals surface area (Å²) in [6.45, 7) is 2.44. The van der Waals surface area contributed by atoms with E-state index in [1.165, 1.54) is 161 Å². The topological polar surface area (TPSA) is 12.5 Å². The van der Waals surface area contributed by atoms with Gasteiger partial charge in [-0.15, -0.1) is 0 Å². The monoisotopic (exact) mass is 758 g/mol. The van der Waals surface area contributed by atoms with Gasteiger partial charge >= 0.3 is 0 Å². The number of rotatable bonds is 8. The average Bonchev–Trinajstić information content (AvgIpc) is 3.86. The minimum absolute atomic E-state index is 0.475. The molecule has 10 unspecified atom stereocenters. The van der Waals surface area contributed by atoms with E-state index in [0.29, 0.717) is 24.2 Å². The molecule has 0 amide bonds. The van der Waals surface area contributed by atoms with Crippen LogP contribution in [0.4, 0.5) is 0 Å². The largest absolute Gasteiger partial charge is 0.370 e. The van der Waals surface area contributed by atoms with Crippen LogP contribution in [0, 0.1) is 71.0 Å².